The van der Waals surface area contributed by atoms with Crippen LogP contribution in [0.2, 0.25) is 0 Å². The van der Waals surface area contributed by atoms with E-state index in [0.717, 1.165) is 32.5 Å². The summed E-state index contributed by atoms with van der Waals surface area (Å²) in [5, 5.41) is 13.9. The first kappa shape index (κ1) is 11.4. The number of hydrogen-bond acceptors (Lipinski definition) is 3. The second kappa shape index (κ2) is 4.81. The highest BCUT2D eigenvalue weighted by molar-refractivity contribution is 4.93. The number of aliphatic hydroxyl groups is 1. The van der Waals surface area contributed by atoms with Gasteiger partial charge in [-0.2, -0.15) is 0 Å². The lowest BCUT2D eigenvalue weighted by molar-refractivity contribution is -0.143. The van der Waals surface area contributed by atoms with Gasteiger partial charge in [-0.15, -0.1) is 0 Å². The van der Waals surface area contributed by atoms with Crippen molar-refractivity contribution in [3.05, 3.63) is 0 Å². The van der Waals surface area contributed by atoms with Gasteiger partial charge in [0.25, 0.3) is 0 Å². The lowest BCUT2D eigenvalue weighted by atomic mass is 9.75. The summed E-state index contributed by atoms with van der Waals surface area (Å²) >= 11 is 0. The SMILES string of the molecule is C[C@](O)(C1CCCCC1)[C@H]1CNCCO1. The Morgan fingerprint density at radius 1 is 1.27 bits per heavy atom. The van der Waals surface area contributed by atoms with Crippen molar-refractivity contribution in [2.75, 3.05) is 19.7 Å². The number of morpholine rings is 1. The van der Waals surface area contributed by atoms with E-state index < -0.39 is 5.60 Å². The molecule has 1 saturated carbocycles. The normalized spacial score (nSPS) is 33.6. The summed E-state index contributed by atoms with van der Waals surface area (Å²) < 4.78 is 5.68. The lowest BCUT2D eigenvalue weighted by Crippen LogP contribution is -2.55. The molecule has 88 valence electrons. The van der Waals surface area contributed by atoms with Crippen molar-refractivity contribution in [1.82, 2.24) is 5.32 Å². The molecule has 0 amide bonds. The second-order valence-electron chi connectivity index (χ2n) is 5.12. The molecule has 1 heterocycles. The second-order valence-corrected chi connectivity index (χ2v) is 5.12. The number of nitrogens with one attached hydrogen (secondary N) is 1. The fourth-order valence-corrected chi connectivity index (χ4v) is 2.89. The zero-order valence-corrected chi connectivity index (χ0v) is 9.67. The van der Waals surface area contributed by atoms with Crippen LogP contribution in [0.3, 0.4) is 0 Å². The maximum Gasteiger partial charge on any atom is 0.0986 e. The predicted molar refractivity (Wildman–Crippen MR) is 59.8 cm³/mol. The Kier molecular flexibility index (Phi) is 3.65. The van der Waals surface area contributed by atoms with E-state index in [-0.39, 0.29) is 6.10 Å². The van der Waals surface area contributed by atoms with Gasteiger partial charge in [0.15, 0.2) is 0 Å². The molecule has 0 spiro atoms. The summed E-state index contributed by atoms with van der Waals surface area (Å²) in [6.07, 6.45) is 6.16. The highest BCUT2D eigenvalue weighted by Gasteiger charge is 2.41. The molecule has 2 aliphatic rings. The molecule has 1 aliphatic carbocycles. The van der Waals surface area contributed by atoms with Crippen molar-refractivity contribution >= 4 is 0 Å². The van der Waals surface area contributed by atoms with E-state index in [4.69, 9.17) is 4.74 Å². The molecule has 15 heavy (non-hydrogen) atoms. The Morgan fingerprint density at radius 2 is 2.00 bits per heavy atom. The van der Waals surface area contributed by atoms with Gasteiger partial charge in [-0.25, -0.2) is 0 Å². The van der Waals surface area contributed by atoms with Gasteiger partial charge >= 0.3 is 0 Å². The standard InChI is InChI=1S/C12H23NO2/c1-12(14,10-5-3-2-4-6-10)11-9-13-7-8-15-11/h10-11,13-14H,2-9H2,1H3/t11-,12+/m1/s1. The molecular formula is C12H23NO2. The molecule has 2 rings (SSSR count). The minimum absolute atomic E-state index is 0.0191. The van der Waals surface area contributed by atoms with Crippen molar-refractivity contribution in [3.8, 4) is 0 Å². The van der Waals surface area contributed by atoms with E-state index in [9.17, 15) is 5.11 Å². The Morgan fingerprint density at radius 3 is 2.60 bits per heavy atom. The highest BCUT2D eigenvalue weighted by atomic mass is 16.5. The average molecular weight is 213 g/mol. The van der Waals surface area contributed by atoms with E-state index in [2.05, 4.69) is 5.32 Å². The number of hydrogen-bond donors (Lipinski definition) is 2. The van der Waals surface area contributed by atoms with Crippen LogP contribution >= 0.6 is 0 Å². The molecule has 1 saturated heterocycles. The van der Waals surface area contributed by atoms with Crippen LogP contribution in [0.1, 0.15) is 39.0 Å². The molecule has 0 radical (unpaired) electrons. The molecule has 1 aliphatic heterocycles. The third-order valence-corrected chi connectivity index (χ3v) is 4.01. The number of rotatable bonds is 2. The topological polar surface area (TPSA) is 41.5 Å². The van der Waals surface area contributed by atoms with Gasteiger partial charge in [-0.3, -0.25) is 0 Å². The third kappa shape index (κ3) is 2.52. The van der Waals surface area contributed by atoms with Crippen molar-refractivity contribution in [1.29, 1.82) is 0 Å². The molecule has 0 bridgehead atoms. The van der Waals surface area contributed by atoms with E-state index in [1.165, 1.54) is 19.3 Å². The fraction of sp³-hybridized carbons (Fsp3) is 1.00. The molecule has 3 nitrogen and oxygen atoms in total. The maximum atomic E-state index is 10.6. The summed E-state index contributed by atoms with van der Waals surface area (Å²) in [7, 11) is 0. The molecule has 2 atom stereocenters. The van der Waals surface area contributed by atoms with Crippen LogP contribution in [0.4, 0.5) is 0 Å². The first-order chi connectivity index (χ1) is 7.21. The van der Waals surface area contributed by atoms with Crippen molar-refractivity contribution in [2.45, 2.75) is 50.7 Å². The minimum Gasteiger partial charge on any atom is -0.387 e. The van der Waals surface area contributed by atoms with E-state index in [1.54, 1.807) is 0 Å². The first-order valence-corrected chi connectivity index (χ1v) is 6.26. The van der Waals surface area contributed by atoms with Crippen LogP contribution in [-0.2, 0) is 4.74 Å². The summed E-state index contributed by atoms with van der Waals surface area (Å²) in [5.41, 5.74) is -0.645. The molecular weight excluding hydrogens is 190 g/mol. The Bertz CT molecular complexity index is 174. The van der Waals surface area contributed by atoms with Gasteiger partial charge in [0.1, 0.15) is 0 Å². The van der Waals surface area contributed by atoms with Gasteiger partial charge in [-0.1, -0.05) is 19.3 Å². The fourth-order valence-electron chi connectivity index (χ4n) is 2.89. The van der Waals surface area contributed by atoms with E-state index in [1.807, 2.05) is 6.92 Å². The summed E-state index contributed by atoms with van der Waals surface area (Å²) in [5.74, 6) is 0.427. The third-order valence-electron chi connectivity index (χ3n) is 4.01. The lowest BCUT2D eigenvalue weighted by Gasteiger charge is -2.42. The molecule has 0 unspecified atom stereocenters. The van der Waals surface area contributed by atoms with Gasteiger partial charge in [0.05, 0.1) is 18.3 Å². The Labute approximate surface area is 92.2 Å². The average Bonchev–Trinajstić information content (AvgIpc) is 2.31. The predicted octanol–water partition coefficient (Wildman–Crippen LogP) is 1.31. The van der Waals surface area contributed by atoms with Crippen LogP contribution in [0.25, 0.3) is 0 Å². The summed E-state index contributed by atoms with van der Waals surface area (Å²) in [6.45, 7) is 4.40. The first-order valence-electron chi connectivity index (χ1n) is 6.26. The summed E-state index contributed by atoms with van der Waals surface area (Å²) in [6, 6.07) is 0. The van der Waals surface area contributed by atoms with Gasteiger partial charge < -0.3 is 15.2 Å². The van der Waals surface area contributed by atoms with Gasteiger partial charge in [0.2, 0.25) is 0 Å². The Hall–Kier alpha value is -0.120. The van der Waals surface area contributed by atoms with E-state index in [0.29, 0.717) is 5.92 Å². The Balaban J connectivity index is 1.96. The molecule has 0 aromatic rings. The zero-order valence-electron chi connectivity index (χ0n) is 9.67. The highest BCUT2D eigenvalue weighted by Crippen LogP contribution is 2.35. The molecule has 0 aromatic heterocycles. The monoisotopic (exact) mass is 213 g/mol. The maximum absolute atomic E-state index is 10.6. The van der Waals surface area contributed by atoms with Crippen molar-refractivity contribution in [2.24, 2.45) is 5.92 Å². The van der Waals surface area contributed by atoms with Gasteiger partial charge in [-0.05, 0) is 25.7 Å². The molecule has 0 aromatic carbocycles. The van der Waals surface area contributed by atoms with Crippen molar-refractivity contribution in [3.63, 3.8) is 0 Å². The van der Waals surface area contributed by atoms with Gasteiger partial charge in [0, 0.05) is 13.1 Å². The largest absolute Gasteiger partial charge is 0.387 e. The molecule has 2 N–H and O–H groups in total. The molecule has 2 fully saturated rings. The van der Waals surface area contributed by atoms with E-state index >= 15 is 0 Å². The van der Waals surface area contributed by atoms with Crippen LogP contribution < -0.4 is 5.32 Å². The zero-order chi connectivity index (χ0) is 10.7. The quantitative estimate of drug-likeness (QED) is 0.726. The van der Waals surface area contributed by atoms with Crippen LogP contribution in [-0.4, -0.2) is 36.5 Å². The smallest absolute Gasteiger partial charge is 0.0986 e. The van der Waals surface area contributed by atoms with Crippen LogP contribution in [0.15, 0.2) is 0 Å². The van der Waals surface area contributed by atoms with Crippen LogP contribution in [0, 0.1) is 5.92 Å². The molecule has 3 heteroatoms. The van der Waals surface area contributed by atoms with Crippen LogP contribution in [0.5, 0.6) is 0 Å². The van der Waals surface area contributed by atoms with Crippen molar-refractivity contribution < 1.29 is 9.84 Å². The minimum atomic E-state index is -0.645. The number of ether oxygens (including phenoxy) is 1. The summed E-state index contributed by atoms with van der Waals surface area (Å²) in [4.78, 5) is 0.